The first-order valence-electron chi connectivity index (χ1n) is 37.2. The number of allylic oxidation sites excluding steroid dienone is 2. The minimum Gasteiger partial charge on any atom is -0.462 e. The highest BCUT2D eigenvalue weighted by Gasteiger charge is 2.20. The Labute approximate surface area is 507 Å². The molecule has 0 radical (unpaired) electrons. The van der Waals surface area contributed by atoms with Crippen LogP contribution in [0.4, 0.5) is 0 Å². The molecular formula is C75H144O6. The smallest absolute Gasteiger partial charge is 0.306 e. The number of unbranched alkanes of at least 4 members (excludes halogenated alkanes) is 57. The van der Waals surface area contributed by atoms with Crippen LogP contribution in [0, 0.1) is 0 Å². The van der Waals surface area contributed by atoms with Crippen LogP contribution >= 0.6 is 0 Å². The Bertz CT molecular complexity index is 1260. The Morgan fingerprint density at radius 3 is 0.630 bits per heavy atom. The maximum Gasteiger partial charge on any atom is 0.306 e. The van der Waals surface area contributed by atoms with Crippen molar-refractivity contribution < 1.29 is 28.6 Å². The third-order valence-corrected chi connectivity index (χ3v) is 17.3. The summed E-state index contributed by atoms with van der Waals surface area (Å²) < 4.78 is 17.0. The number of ether oxygens (including phenoxy) is 3. The lowest BCUT2D eigenvalue weighted by atomic mass is 10.0. The Hall–Kier alpha value is -1.85. The summed E-state index contributed by atoms with van der Waals surface area (Å²) in [5.41, 5.74) is 0. The van der Waals surface area contributed by atoms with E-state index in [1.807, 2.05) is 0 Å². The van der Waals surface area contributed by atoms with Crippen molar-refractivity contribution >= 4 is 17.9 Å². The zero-order chi connectivity index (χ0) is 58.5. The van der Waals surface area contributed by atoms with E-state index in [9.17, 15) is 14.4 Å². The van der Waals surface area contributed by atoms with E-state index in [0.29, 0.717) is 19.3 Å². The molecule has 0 aromatic rings. The minimum absolute atomic E-state index is 0.0656. The molecule has 0 saturated carbocycles. The standard InChI is InChI=1S/C75H144O6/c1-4-7-10-13-16-19-22-25-27-29-31-33-34-35-36-37-38-39-40-42-43-45-47-50-53-56-59-62-65-68-74(77)80-71-72(70-79-73(76)67-64-61-58-55-52-49-24-21-18-15-12-9-6-3)81-75(78)69-66-63-60-57-54-51-48-46-44-41-32-30-28-26-23-20-17-14-11-8-5-2/h21,24,72H,4-20,22-23,25-71H2,1-3H3/b24-21-. The molecule has 81 heavy (non-hydrogen) atoms. The topological polar surface area (TPSA) is 78.9 Å². The van der Waals surface area contributed by atoms with Crippen LogP contribution in [0.1, 0.15) is 432 Å². The lowest BCUT2D eigenvalue weighted by Gasteiger charge is -2.18. The van der Waals surface area contributed by atoms with E-state index in [1.54, 1.807) is 0 Å². The van der Waals surface area contributed by atoms with Gasteiger partial charge in [-0.3, -0.25) is 14.4 Å². The summed E-state index contributed by atoms with van der Waals surface area (Å²) in [4.78, 5) is 38.4. The van der Waals surface area contributed by atoms with Crippen molar-refractivity contribution in [3.8, 4) is 0 Å². The highest BCUT2D eigenvalue weighted by molar-refractivity contribution is 5.71. The zero-order valence-corrected chi connectivity index (χ0v) is 55.4. The predicted molar refractivity (Wildman–Crippen MR) is 353 cm³/mol. The van der Waals surface area contributed by atoms with Gasteiger partial charge in [-0.05, 0) is 44.9 Å². The largest absolute Gasteiger partial charge is 0.462 e. The van der Waals surface area contributed by atoms with Gasteiger partial charge in [0.1, 0.15) is 13.2 Å². The van der Waals surface area contributed by atoms with Gasteiger partial charge in [-0.1, -0.05) is 380 Å². The van der Waals surface area contributed by atoms with Gasteiger partial charge in [-0.15, -0.1) is 0 Å². The molecule has 0 bridgehead atoms. The van der Waals surface area contributed by atoms with E-state index in [0.717, 1.165) is 64.2 Å². The number of carbonyl (C=O) groups excluding carboxylic acids is 3. The SMILES string of the molecule is CCCCCC/C=C\CCCCCCCC(=O)OCC(COC(=O)CCCCCCCCCCCCCCCCCCCCCCCCCCCCCCC)OC(=O)CCCCCCCCCCCCCCCCCCCCCCC. The van der Waals surface area contributed by atoms with Crippen molar-refractivity contribution in [3.05, 3.63) is 12.2 Å². The lowest BCUT2D eigenvalue weighted by Crippen LogP contribution is -2.30. The van der Waals surface area contributed by atoms with Crippen LogP contribution in [0.5, 0.6) is 0 Å². The van der Waals surface area contributed by atoms with Crippen molar-refractivity contribution in [2.24, 2.45) is 0 Å². The molecule has 0 aliphatic rings. The summed E-state index contributed by atoms with van der Waals surface area (Å²) in [5, 5.41) is 0. The Morgan fingerprint density at radius 1 is 0.235 bits per heavy atom. The highest BCUT2D eigenvalue weighted by atomic mass is 16.6. The molecule has 0 aliphatic carbocycles. The summed E-state index contributed by atoms with van der Waals surface area (Å²) >= 11 is 0. The van der Waals surface area contributed by atoms with Gasteiger partial charge in [0.15, 0.2) is 6.10 Å². The zero-order valence-electron chi connectivity index (χ0n) is 55.4. The fourth-order valence-corrected chi connectivity index (χ4v) is 11.7. The number of hydrogen-bond acceptors (Lipinski definition) is 6. The minimum atomic E-state index is -0.770. The number of rotatable bonds is 70. The van der Waals surface area contributed by atoms with Gasteiger partial charge >= 0.3 is 17.9 Å². The Kier molecular flexibility index (Phi) is 69.0. The average molecular weight is 1140 g/mol. The molecule has 0 heterocycles. The fourth-order valence-electron chi connectivity index (χ4n) is 11.7. The molecule has 0 rings (SSSR count). The second kappa shape index (κ2) is 70.6. The van der Waals surface area contributed by atoms with Crippen molar-refractivity contribution in [1.29, 1.82) is 0 Å². The molecule has 0 aromatic heterocycles. The van der Waals surface area contributed by atoms with Crippen molar-refractivity contribution in [2.45, 2.75) is 438 Å². The molecule has 0 N–H and O–H groups in total. The van der Waals surface area contributed by atoms with Crippen molar-refractivity contribution in [3.63, 3.8) is 0 Å². The Balaban J connectivity index is 4.15. The molecule has 0 amide bonds. The Morgan fingerprint density at radius 2 is 0.407 bits per heavy atom. The number of esters is 3. The molecule has 0 aromatic carbocycles. The maximum atomic E-state index is 13.0. The maximum absolute atomic E-state index is 13.0. The van der Waals surface area contributed by atoms with Crippen LogP contribution in [0.15, 0.2) is 12.2 Å². The molecule has 0 fully saturated rings. The van der Waals surface area contributed by atoms with Gasteiger partial charge in [0.2, 0.25) is 0 Å². The molecule has 0 spiro atoms. The van der Waals surface area contributed by atoms with Crippen LogP contribution in [0.25, 0.3) is 0 Å². The van der Waals surface area contributed by atoms with E-state index >= 15 is 0 Å². The first-order chi connectivity index (χ1) is 40.0. The number of hydrogen-bond donors (Lipinski definition) is 0. The second-order valence-electron chi connectivity index (χ2n) is 25.6. The lowest BCUT2D eigenvalue weighted by molar-refractivity contribution is -0.167. The third-order valence-electron chi connectivity index (χ3n) is 17.3. The molecular weight excluding hydrogens is 997 g/mol. The first kappa shape index (κ1) is 79.2. The normalized spacial score (nSPS) is 12.0. The van der Waals surface area contributed by atoms with Crippen LogP contribution in [-0.4, -0.2) is 37.2 Å². The third kappa shape index (κ3) is 68.8. The van der Waals surface area contributed by atoms with Gasteiger partial charge in [0, 0.05) is 19.3 Å². The van der Waals surface area contributed by atoms with Crippen LogP contribution in [-0.2, 0) is 28.6 Å². The quantitative estimate of drug-likeness (QED) is 0.0261. The van der Waals surface area contributed by atoms with E-state index in [-0.39, 0.29) is 31.1 Å². The van der Waals surface area contributed by atoms with Gasteiger partial charge in [-0.25, -0.2) is 0 Å². The predicted octanol–water partition coefficient (Wildman–Crippen LogP) is 25.6. The summed E-state index contributed by atoms with van der Waals surface area (Å²) in [7, 11) is 0. The highest BCUT2D eigenvalue weighted by Crippen LogP contribution is 2.20. The summed E-state index contributed by atoms with van der Waals surface area (Å²) in [6.45, 7) is 6.72. The van der Waals surface area contributed by atoms with Crippen LogP contribution in [0.3, 0.4) is 0 Å². The molecule has 6 nitrogen and oxygen atoms in total. The number of carbonyl (C=O) groups is 3. The fraction of sp³-hybridized carbons (Fsp3) is 0.933. The molecule has 1 atom stereocenters. The van der Waals surface area contributed by atoms with Crippen molar-refractivity contribution in [2.75, 3.05) is 13.2 Å². The monoisotopic (exact) mass is 1140 g/mol. The van der Waals surface area contributed by atoms with Crippen LogP contribution < -0.4 is 0 Å². The average Bonchev–Trinajstić information content (AvgIpc) is 3.46. The summed E-state index contributed by atoms with van der Waals surface area (Å²) in [6, 6.07) is 0. The molecule has 0 saturated heterocycles. The molecule has 6 heteroatoms. The van der Waals surface area contributed by atoms with E-state index in [2.05, 4.69) is 32.9 Å². The van der Waals surface area contributed by atoms with E-state index in [4.69, 9.17) is 14.2 Å². The summed E-state index contributed by atoms with van der Waals surface area (Å²) in [6.07, 6.45) is 85.5. The van der Waals surface area contributed by atoms with Crippen LogP contribution in [0.2, 0.25) is 0 Å². The van der Waals surface area contributed by atoms with Gasteiger partial charge in [0.05, 0.1) is 0 Å². The van der Waals surface area contributed by atoms with E-state index < -0.39 is 6.10 Å². The molecule has 480 valence electrons. The van der Waals surface area contributed by atoms with E-state index in [1.165, 1.54) is 327 Å². The van der Waals surface area contributed by atoms with Gasteiger partial charge in [-0.2, -0.15) is 0 Å². The molecule has 1 unspecified atom stereocenters. The van der Waals surface area contributed by atoms with Gasteiger partial charge < -0.3 is 14.2 Å². The molecule has 0 aliphatic heterocycles. The second-order valence-corrected chi connectivity index (χ2v) is 25.6. The summed E-state index contributed by atoms with van der Waals surface area (Å²) in [5.74, 6) is -0.838. The van der Waals surface area contributed by atoms with Crippen molar-refractivity contribution in [1.82, 2.24) is 0 Å². The van der Waals surface area contributed by atoms with Gasteiger partial charge in [0.25, 0.3) is 0 Å². The first-order valence-corrected chi connectivity index (χ1v) is 37.2.